The minimum atomic E-state index is -0.933. The van der Waals surface area contributed by atoms with E-state index >= 15 is 0 Å². The molecule has 0 spiro atoms. The van der Waals surface area contributed by atoms with E-state index < -0.39 is 11.4 Å². The van der Waals surface area contributed by atoms with Gasteiger partial charge in [0, 0.05) is 12.1 Å². The summed E-state index contributed by atoms with van der Waals surface area (Å²) in [6.07, 6.45) is 0. The Bertz CT molecular complexity index is 635. The fraction of sp³-hybridized carbons (Fsp3) is 0.312. The summed E-state index contributed by atoms with van der Waals surface area (Å²) in [4.78, 5) is 11.1. The first-order valence-electron chi connectivity index (χ1n) is 6.52. The number of ether oxygens (including phenoxy) is 1. The number of hydrogen-bond acceptors (Lipinski definition) is 3. The molecule has 0 heterocycles. The van der Waals surface area contributed by atoms with Gasteiger partial charge in [0.2, 0.25) is 0 Å². The molecule has 106 valence electrons. The van der Waals surface area contributed by atoms with Crippen molar-refractivity contribution in [2.24, 2.45) is 11.1 Å². The van der Waals surface area contributed by atoms with E-state index in [1.54, 1.807) is 13.8 Å². The van der Waals surface area contributed by atoms with E-state index in [-0.39, 0.29) is 6.61 Å². The number of benzene rings is 2. The van der Waals surface area contributed by atoms with Crippen LogP contribution in [-0.2, 0) is 11.3 Å². The van der Waals surface area contributed by atoms with Crippen LogP contribution in [0.4, 0.5) is 0 Å². The van der Waals surface area contributed by atoms with Crippen LogP contribution in [0.25, 0.3) is 10.8 Å². The zero-order valence-electron chi connectivity index (χ0n) is 11.7. The van der Waals surface area contributed by atoms with Crippen LogP contribution >= 0.6 is 0 Å². The van der Waals surface area contributed by atoms with E-state index in [2.05, 4.69) is 0 Å². The molecule has 0 radical (unpaired) electrons. The van der Waals surface area contributed by atoms with Crippen LogP contribution in [-0.4, -0.2) is 17.7 Å². The van der Waals surface area contributed by atoms with Crippen LogP contribution in [0.5, 0.6) is 5.75 Å². The second-order valence-corrected chi connectivity index (χ2v) is 5.45. The lowest BCUT2D eigenvalue weighted by molar-refractivity contribution is -0.148. The first kappa shape index (κ1) is 14.3. The quantitative estimate of drug-likeness (QED) is 0.878. The predicted octanol–water partition coefficient (Wildman–Crippen LogP) is 2.79. The fourth-order valence-electron chi connectivity index (χ4n) is 1.98. The molecule has 0 aliphatic heterocycles. The van der Waals surface area contributed by atoms with Gasteiger partial charge in [0.1, 0.15) is 12.4 Å². The molecule has 0 saturated heterocycles. The second-order valence-electron chi connectivity index (χ2n) is 5.45. The van der Waals surface area contributed by atoms with Crippen LogP contribution in [0.3, 0.4) is 0 Å². The molecule has 0 aliphatic carbocycles. The highest BCUT2D eigenvalue weighted by Crippen LogP contribution is 2.29. The Morgan fingerprint density at radius 3 is 2.60 bits per heavy atom. The highest BCUT2D eigenvalue weighted by Gasteiger charge is 2.28. The van der Waals surface area contributed by atoms with Gasteiger partial charge in [-0.05, 0) is 30.7 Å². The fourth-order valence-corrected chi connectivity index (χ4v) is 1.98. The maximum Gasteiger partial charge on any atom is 0.312 e. The summed E-state index contributed by atoms with van der Waals surface area (Å²) in [5.74, 6) is -0.229. The SMILES string of the molecule is CC(C)(COc1ccc2ccccc2c1CN)C(=O)O. The minimum Gasteiger partial charge on any atom is -0.492 e. The van der Waals surface area contributed by atoms with Crippen molar-refractivity contribution < 1.29 is 14.6 Å². The van der Waals surface area contributed by atoms with Gasteiger partial charge < -0.3 is 15.6 Å². The molecular formula is C16H19NO3. The van der Waals surface area contributed by atoms with Crippen molar-refractivity contribution in [3.05, 3.63) is 42.0 Å². The van der Waals surface area contributed by atoms with Crippen molar-refractivity contribution in [2.45, 2.75) is 20.4 Å². The lowest BCUT2D eigenvalue weighted by Crippen LogP contribution is -2.30. The molecule has 0 saturated carbocycles. The van der Waals surface area contributed by atoms with Gasteiger partial charge in [0.15, 0.2) is 0 Å². The Balaban J connectivity index is 2.33. The standard InChI is InChI=1S/C16H19NO3/c1-16(2,15(18)19)10-20-14-8-7-11-5-3-4-6-12(11)13(14)9-17/h3-8H,9-10,17H2,1-2H3,(H,18,19). The van der Waals surface area contributed by atoms with E-state index in [1.165, 1.54) is 0 Å². The molecule has 20 heavy (non-hydrogen) atoms. The third kappa shape index (κ3) is 2.75. The Labute approximate surface area is 118 Å². The number of aliphatic carboxylic acids is 1. The molecule has 0 aromatic heterocycles. The smallest absolute Gasteiger partial charge is 0.312 e. The molecular weight excluding hydrogens is 254 g/mol. The van der Waals surface area contributed by atoms with Crippen LogP contribution in [0.1, 0.15) is 19.4 Å². The zero-order valence-corrected chi connectivity index (χ0v) is 11.7. The molecule has 0 fully saturated rings. The van der Waals surface area contributed by atoms with Gasteiger partial charge in [-0.25, -0.2) is 0 Å². The summed E-state index contributed by atoms with van der Waals surface area (Å²) >= 11 is 0. The largest absolute Gasteiger partial charge is 0.492 e. The van der Waals surface area contributed by atoms with Crippen molar-refractivity contribution in [2.75, 3.05) is 6.61 Å². The van der Waals surface area contributed by atoms with Crippen molar-refractivity contribution >= 4 is 16.7 Å². The maximum atomic E-state index is 11.1. The molecule has 4 heteroatoms. The van der Waals surface area contributed by atoms with Crippen LogP contribution in [0.2, 0.25) is 0 Å². The third-order valence-electron chi connectivity index (χ3n) is 3.37. The minimum absolute atomic E-state index is 0.105. The maximum absolute atomic E-state index is 11.1. The second kappa shape index (κ2) is 5.51. The average molecular weight is 273 g/mol. The van der Waals surface area contributed by atoms with Crippen LogP contribution < -0.4 is 10.5 Å². The molecule has 3 N–H and O–H groups in total. The number of rotatable bonds is 5. The number of carboxylic acid groups (broad SMARTS) is 1. The number of hydrogen-bond donors (Lipinski definition) is 2. The first-order chi connectivity index (χ1) is 9.45. The predicted molar refractivity (Wildman–Crippen MR) is 78.8 cm³/mol. The van der Waals surface area contributed by atoms with Gasteiger partial charge in [0.05, 0.1) is 5.41 Å². The molecule has 0 atom stereocenters. The Morgan fingerprint density at radius 1 is 1.25 bits per heavy atom. The lowest BCUT2D eigenvalue weighted by Gasteiger charge is -2.21. The van der Waals surface area contributed by atoms with E-state index in [0.717, 1.165) is 16.3 Å². The van der Waals surface area contributed by atoms with Crippen LogP contribution in [0, 0.1) is 5.41 Å². The highest BCUT2D eigenvalue weighted by molar-refractivity contribution is 5.87. The highest BCUT2D eigenvalue weighted by atomic mass is 16.5. The van der Waals surface area contributed by atoms with Gasteiger partial charge in [-0.15, -0.1) is 0 Å². The normalized spacial score (nSPS) is 11.6. The lowest BCUT2D eigenvalue weighted by atomic mass is 9.95. The van der Waals surface area contributed by atoms with E-state index in [0.29, 0.717) is 12.3 Å². The van der Waals surface area contributed by atoms with Crippen molar-refractivity contribution in [3.63, 3.8) is 0 Å². The number of carbonyl (C=O) groups is 1. The van der Waals surface area contributed by atoms with Crippen molar-refractivity contribution in [1.29, 1.82) is 0 Å². The average Bonchev–Trinajstić information content (AvgIpc) is 2.44. The molecule has 2 aromatic rings. The summed E-state index contributed by atoms with van der Waals surface area (Å²) in [6, 6.07) is 11.7. The number of nitrogens with two attached hydrogens (primary N) is 1. The summed E-state index contributed by atoms with van der Waals surface area (Å²) in [5, 5.41) is 11.3. The third-order valence-corrected chi connectivity index (χ3v) is 3.37. The number of carboxylic acids is 1. The molecule has 2 aromatic carbocycles. The summed E-state index contributed by atoms with van der Waals surface area (Å²) in [6.45, 7) is 3.73. The Hall–Kier alpha value is -2.07. The van der Waals surface area contributed by atoms with Gasteiger partial charge >= 0.3 is 5.97 Å². The van der Waals surface area contributed by atoms with Crippen molar-refractivity contribution in [1.82, 2.24) is 0 Å². The summed E-state index contributed by atoms with van der Waals surface area (Å²) in [7, 11) is 0. The molecule has 2 rings (SSSR count). The van der Waals surface area contributed by atoms with E-state index in [4.69, 9.17) is 15.6 Å². The van der Waals surface area contributed by atoms with Gasteiger partial charge in [0.25, 0.3) is 0 Å². The zero-order chi connectivity index (χ0) is 14.8. The molecule has 0 aliphatic rings. The van der Waals surface area contributed by atoms with Gasteiger partial charge in [-0.3, -0.25) is 4.79 Å². The Morgan fingerprint density at radius 2 is 1.95 bits per heavy atom. The van der Waals surface area contributed by atoms with E-state index in [1.807, 2.05) is 36.4 Å². The monoisotopic (exact) mass is 273 g/mol. The number of fused-ring (bicyclic) bond motifs is 1. The van der Waals surface area contributed by atoms with Gasteiger partial charge in [-0.1, -0.05) is 30.3 Å². The van der Waals surface area contributed by atoms with E-state index in [9.17, 15) is 4.79 Å². The summed E-state index contributed by atoms with van der Waals surface area (Å²) in [5.41, 5.74) is 5.79. The molecule has 0 unspecified atom stereocenters. The summed E-state index contributed by atoms with van der Waals surface area (Å²) < 4.78 is 5.70. The van der Waals surface area contributed by atoms with Crippen molar-refractivity contribution in [3.8, 4) is 5.75 Å². The molecule has 0 bridgehead atoms. The Kier molecular flexibility index (Phi) is 3.95. The van der Waals surface area contributed by atoms with Crippen LogP contribution in [0.15, 0.2) is 36.4 Å². The first-order valence-corrected chi connectivity index (χ1v) is 6.52. The molecule has 4 nitrogen and oxygen atoms in total. The van der Waals surface area contributed by atoms with Gasteiger partial charge in [-0.2, -0.15) is 0 Å². The molecule has 0 amide bonds. The topological polar surface area (TPSA) is 72.5 Å².